The Morgan fingerprint density at radius 2 is 2.28 bits per heavy atom. The fourth-order valence-electron chi connectivity index (χ4n) is 2.04. The van der Waals surface area contributed by atoms with Crippen LogP contribution in [0.2, 0.25) is 0 Å². The Morgan fingerprint density at radius 1 is 1.33 bits per heavy atom. The second kappa shape index (κ2) is 5.09. The molecule has 0 spiro atoms. The van der Waals surface area contributed by atoms with Crippen LogP contribution in [0.5, 0.6) is 11.6 Å². The average molecular weight is 353 g/mol. The predicted molar refractivity (Wildman–Crippen MR) is 78.1 cm³/mol. The first-order valence-corrected chi connectivity index (χ1v) is 6.91. The standard InChI is InChI=1S/C13H12IN3O/c14-10-7-15-8-17-13(10)18-11-5-1-3-9-4-2-6-16-12(9)11/h1,3,5,7-8,16H,2,4,6H2. The van der Waals surface area contributed by atoms with Crippen LogP contribution >= 0.6 is 22.6 Å². The van der Waals surface area contributed by atoms with Crippen molar-refractivity contribution in [2.45, 2.75) is 12.8 Å². The van der Waals surface area contributed by atoms with Crippen molar-refractivity contribution in [3.63, 3.8) is 0 Å². The SMILES string of the molecule is Ic1cncnc1Oc1cccc2c1NCCC2. The summed E-state index contributed by atoms with van der Waals surface area (Å²) < 4.78 is 6.79. The van der Waals surface area contributed by atoms with E-state index in [0.29, 0.717) is 5.88 Å². The van der Waals surface area contributed by atoms with Gasteiger partial charge >= 0.3 is 0 Å². The van der Waals surface area contributed by atoms with Gasteiger partial charge in [0.1, 0.15) is 6.33 Å². The second-order valence-electron chi connectivity index (χ2n) is 4.10. The molecule has 0 radical (unpaired) electrons. The van der Waals surface area contributed by atoms with E-state index >= 15 is 0 Å². The minimum absolute atomic E-state index is 0.603. The fourth-order valence-corrected chi connectivity index (χ4v) is 2.45. The van der Waals surface area contributed by atoms with Gasteiger partial charge in [0.05, 0.1) is 9.26 Å². The van der Waals surface area contributed by atoms with E-state index in [9.17, 15) is 0 Å². The Bertz CT molecular complexity index is 574. The number of nitrogens with one attached hydrogen (secondary N) is 1. The number of aromatic nitrogens is 2. The van der Waals surface area contributed by atoms with Gasteiger partial charge in [-0.05, 0) is 47.1 Å². The van der Waals surface area contributed by atoms with Crippen LogP contribution in [0.1, 0.15) is 12.0 Å². The molecule has 0 aliphatic carbocycles. The zero-order valence-electron chi connectivity index (χ0n) is 9.69. The van der Waals surface area contributed by atoms with Gasteiger partial charge in [-0.15, -0.1) is 0 Å². The molecule has 92 valence electrons. The molecule has 0 fully saturated rings. The molecule has 1 aliphatic rings. The van der Waals surface area contributed by atoms with Gasteiger partial charge in [0.25, 0.3) is 0 Å². The molecule has 0 saturated heterocycles. The van der Waals surface area contributed by atoms with Crippen LogP contribution in [-0.4, -0.2) is 16.5 Å². The molecular weight excluding hydrogens is 341 g/mol. The molecule has 0 atom stereocenters. The summed E-state index contributed by atoms with van der Waals surface area (Å²) in [7, 11) is 0. The largest absolute Gasteiger partial charge is 0.436 e. The van der Waals surface area contributed by atoms with E-state index in [1.54, 1.807) is 6.20 Å². The van der Waals surface area contributed by atoms with Crippen LogP contribution in [0.15, 0.2) is 30.7 Å². The molecule has 2 heterocycles. The van der Waals surface area contributed by atoms with E-state index in [0.717, 1.165) is 28.0 Å². The fraction of sp³-hybridized carbons (Fsp3) is 0.231. The van der Waals surface area contributed by atoms with Gasteiger partial charge in [-0.3, -0.25) is 0 Å². The van der Waals surface area contributed by atoms with Crippen LogP contribution in [0, 0.1) is 3.57 Å². The Labute approximate surface area is 119 Å². The molecule has 1 aromatic carbocycles. The lowest BCUT2D eigenvalue weighted by Gasteiger charge is -2.20. The molecule has 5 heteroatoms. The molecule has 3 rings (SSSR count). The molecule has 1 aromatic heterocycles. The number of halogens is 1. The van der Waals surface area contributed by atoms with Gasteiger partial charge in [0.15, 0.2) is 5.75 Å². The van der Waals surface area contributed by atoms with E-state index < -0.39 is 0 Å². The van der Waals surface area contributed by atoms with Crippen molar-refractivity contribution in [2.24, 2.45) is 0 Å². The molecule has 0 unspecified atom stereocenters. The number of hydrogen-bond acceptors (Lipinski definition) is 4. The maximum absolute atomic E-state index is 5.89. The first-order chi connectivity index (χ1) is 8.84. The van der Waals surface area contributed by atoms with Crippen LogP contribution < -0.4 is 10.1 Å². The van der Waals surface area contributed by atoms with Crippen LogP contribution in [0.25, 0.3) is 0 Å². The van der Waals surface area contributed by atoms with Gasteiger partial charge in [0, 0.05) is 12.7 Å². The minimum atomic E-state index is 0.603. The third-order valence-corrected chi connectivity index (χ3v) is 3.62. The number of fused-ring (bicyclic) bond motifs is 1. The molecule has 0 bridgehead atoms. The number of rotatable bonds is 2. The lowest BCUT2D eigenvalue weighted by atomic mass is 10.0. The first-order valence-electron chi connectivity index (χ1n) is 5.84. The highest BCUT2D eigenvalue weighted by Crippen LogP contribution is 2.35. The third kappa shape index (κ3) is 2.27. The zero-order valence-corrected chi connectivity index (χ0v) is 11.8. The number of hydrogen-bond donors (Lipinski definition) is 1. The van der Waals surface area contributed by atoms with Crippen molar-refractivity contribution in [3.05, 3.63) is 39.9 Å². The Hall–Kier alpha value is -1.37. The van der Waals surface area contributed by atoms with Crippen molar-refractivity contribution >= 4 is 28.3 Å². The van der Waals surface area contributed by atoms with E-state index in [4.69, 9.17) is 4.74 Å². The molecule has 2 aromatic rings. The molecule has 4 nitrogen and oxygen atoms in total. The zero-order chi connectivity index (χ0) is 12.4. The smallest absolute Gasteiger partial charge is 0.235 e. The lowest BCUT2D eigenvalue weighted by molar-refractivity contribution is 0.458. The summed E-state index contributed by atoms with van der Waals surface area (Å²) in [6.07, 6.45) is 5.51. The van der Waals surface area contributed by atoms with Gasteiger partial charge in [-0.25, -0.2) is 9.97 Å². The van der Waals surface area contributed by atoms with Gasteiger partial charge < -0.3 is 10.1 Å². The quantitative estimate of drug-likeness (QED) is 0.843. The summed E-state index contributed by atoms with van der Waals surface area (Å²) in [4.78, 5) is 8.11. The van der Waals surface area contributed by atoms with Crippen LogP contribution in [0.4, 0.5) is 5.69 Å². The summed E-state index contributed by atoms with van der Waals surface area (Å²) in [5, 5.41) is 3.40. The van der Waals surface area contributed by atoms with Crippen LogP contribution in [0.3, 0.4) is 0 Å². The lowest BCUT2D eigenvalue weighted by Crippen LogP contribution is -2.12. The van der Waals surface area contributed by atoms with Gasteiger partial charge in [-0.1, -0.05) is 12.1 Å². The summed E-state index contributed by atoms with van der Waals surface area (Å²) in [5.74, 6) is 1.44. The predicted octanol–water partition coefficient (Wildman–Crippen LogP) is 3.23. The van der Waals surface area contributed by atoms with E-state index in [1.165, 1.54) is 18.3 Å². The molecule has 1 aliphatic heterocycles. The summed E-state index contributed by atoms with van der Waals surface area (Å²) >= 11 is 2.17. The minimum Gasteiger partial charge on any atom is -0.436 e. The Kier molecular flexibility index (Phi) is 3.31. The highest BCUT2D eigenvalue weighted by atomic mass is 127. The molecule has 0 amide bonds. The number of nitrogens with zero attached hydrogens (tertiary/aromatic N) is 2. The summed E-state index contributed by atoms with van der Waals surface area (Å²) in [5.41, 5.74) is 2.40. The van der Waals surface area contributed by atoms with E-state index in [2.05, 4.69) is 43.9 Å². The number of benzene rings is 1. The first kappa shape index (κ1) is 11.7. The molecule has 1 N–H and O–H groups in total. The van der Waals surface area contributed by atoms with Crippen molar-refractivity contribution < 1.29 is 4.74 Å². The molecule has 0 saturated carbocycles. The Balaban J connectivity index is 1.96. The summed E-state index contributed by atoms with van der Waals surface area (Å²) in [6, 6.07) is 6.13. The third-order valence-electron chi connectivity index (χ3n) is 2.88. The highest BCUT2D eigenvalue weighted by Gasteiger charge is 2.14. The van der Waals surface area contributed by atoms with Crippen molar-refractivity contribution in [1.82, 2.24) is 9.97 Å². The second-order valence-corrected chi connectivity index (χ2v) is 5.26. The number of para-hydroxylation sites is 1. The number of anilines is 1. The maximum Gasteiger partial charge on any atom is 0.235 e. The summed E-state index contributed by atoms with van der Waals surface area (Å²) in [6.45, 7) is 0.994. The van der Waals surface area contributed by atoms with E-state index in [1.807, 2.05) is 12.1 Å². The highest BCUT2D eigenvalue weighted by molar-refractivity contribution is 14.1. The molecule has 18 heavy (non-hydrogen) atoms. The Morgan fingerprint density at radius 3 is 3.17 bits per heavy atom. The van der Waals surface area contributed by atoms with Gasteiger partial charge in [-0.2, -0.15) is 0 Å². The molecular formula is C13H12IN3O. The maximum atomic E-state index is 5.89. The van der Waals surface area contributed by atoms with Crippen molar-refractivity contribution in [1.29, 1.82) is 0 Å². The topological polar surface area (TPSA) is 47.0 Å². The van der Waals surface area contributed by atoms with E-state index in [-0.39, 0.29) is 0 Å². The van der Waals surface area contributed by atoms with Crippen molar-refractivity contribution in [3.8, 4) is 11.6 Å². The van der Waals surface area contributed by atoms with Crippen molar-refractivity contribution in [2.75, 3.05) is 11.9 Å². The van der Waals surface area contributed by atoms with Gasteiger partial charge in [0.2, 0.25) is 5.88 Å². The average Bonchev–Trinajstić information content (AvgIpc) is 2.42. The normalized spacial score (nSPS) is 13.6. The van der Waals surface area contributed by atoms with Crippen LogP contribution in [-0.2, 0) is 6.42 Å². The number of aryl methyl sites for hydroxylation is 1. The number of ether oxygens (including phenoxy) is 1. The monoisotopic (exact) mass is 353 g/mol.